The van der Waals surface area contributed by atoms with Gasteiger partial charge in [-0.1, -0.05) is 62.3 Å². The molecule has 25 heavy (non-hydrogen) atoms. The van der Waals surface area contributed by atoms with Gasteiger partial charge in [-0.2, -0.15) is 0 Å². The molecule has 10 heteroatoms. The van der Waals surface area contributed by atoms with Crippen LogP contribution < -0.4 is 0 Å². The lowest BCUT2D eigenvalue weighted by Gasteiger charge is -2.32. The van der Waals surface area contributed by atoms with Crippen molar-refractivity contribution in [3.05, 3.63) is 49.9 Å². The number of rotatable bonds is 1. The largest absolute Gasteiger partial charge is 0.494 e. The molecule has 0 saturated heterocycles. The number of hydrogen-bond donors (Lipinski definition) is 2. The van der Waals surface area contributed by atoms with Crippen LogP contribution in [0.15, 0.2) is 38.8 Å². The van der Waals surface area contributed by atoms with Crippen molar-refractivity contribution in [1.82, 2.24) is 4.57 Å². The van der Waals surface area contributed by atoms with Crippen molar-refractivity contribution in [2.45, 2.75) is 14.1 Å². The lowest BCUT2D eigenvalue weighted by atomic mass is 10.00. The van der Waals surface area contributed by atoms with E-state index in [1.165, 1.54) is 4.57 Å². The molecule has 0 aliphatic heterocycles. The summed E-state index contributed by atoms with van der Waals surface area (Å²) in [5, 5.41) is 21.4. The Bertz CT molecular complexity index is 918. The summed E-state index contributed by atoms with van der Waals surface area (Å²) >= 11 is 42.0. The van der Waals surface area contributed by atoms with E-state index in [1.54, 1.807) is 24.3 Å². The van der Waals surface area contributed by atoms with Crippen molar-refractivity contribution in [3.8, 4) is 17.4 Å². The zero-order valence-electron chi connectivity index (χ0n) is 11.8. The highest BCUT2D eigenvalue weighted by atomic mass is 79.9. The molecule has 2 aliphatic carbocycles. The fourth-order valence-corrected chi connectivity index (χ4v) is 6.33. The summed E-state index contributed by atoms with van der Waals surface area (Å²) in [7, 11) is 0. The third kappa shape index (κ3) is 1.83. The number of hydrogen-bond acceptors (Lipinski definition) is 2. The normalized spacial score (nSPS) is 29.4. The van der Waals surface area contributed by atoms with E-state index < -0.39 is 14.1 Å². The van der Waals surface area contributed by atoms with Crippen LogP contribution in [-0.4, -0.2) is 19.1 Å². The highest BCUT2D eigenvalue weighted by Crippen LogP contribution is 2.80. The molecule has 132 valence electrons. The lowest BCUT2D eigenvalue weighted by molar-refractivity contribution is 0.390. The Balaban J connectivity index is 2.09. The molecule has 2 bridgehead atoms. The van der Waals surface area contributed by atoms with Crippen LogP contribution in [0.25, 0.3) is 5.69 Å². The number of fused-ring (bicyclic) bond motifs is 5. The van der Waals surface area contributed by atoms with Gasteiger partial charge in [0.05, 0.1) is 26.9 Å². The Morgan fingerprint density at radius 3 is 1.60 bits per heavy atom. The molecule has 2 atom stereocenters. The number of alkyl halides is 4. The Morgan fingerprint density at radius 2 is 1.20 bits per heavy atom. The molecule has 0 saturated carbocycles. The van der Waals surface area contributed by atoms with E-state index in [-0.39, 0.29) is 33.0 Å². The smallest absolute Gasteiger partial charge is 0.204 e. The predicted octanol–water partition coefficient (Wildman–Crippen LogP) is 6.41. The van der Waals surface area contributed by atoms with Crippen molar-refractivity contribution in [1.29, 1.82) is 0 Å². The van der Waals surface area contributed by atoms with Crippen LogP contribution in [0.1, 0.15) is 11.1 Å². The molecule has 0 spiro atoms. The monoisotopic (exact) mass is 521 g/mol. The van der Waals surface area contributed by atoms with Crippen LogP contribution in [0.2, 0.25) is 0 Å². The van der Waals surface area contributed by atoms with E-state index >= 15 is 0 Å². The minimum absolute atomic E-state index is 0.0315. The van der Waals surface area contributed by atoms with Crippen molar-refractivity contribution in [2.24, 2.45) is 0 Å². The zero-order chi connectivity index (χ0) is 18.5. The van der Waals surface area contributed by atoms with Crippen LogP contribution in [0.5, 0.6) is 11.8 Å². The first-order chi connectivity index (χ1) is 11.5. The third-order valence-electron chi connectivity index (χ3n) is 4.56. The molecule has 1 aromatic heterocycles. The molecule has 0 unspecified atom stereocenters. The first-order valence-corrected chi connectivity index (χ1v) is 9.82. The number of allylic oxidation sites excluding steroid dienone is 2. The lowest BCUT2D eigenvalue weighted by Crippen LogP contribution is -2.40. The number of aromatic nitrogens is 1. The van der Waals surface area contributed by atoms with E-state index in [2.05, 4.69) is 15.9 Å². The van der Waals surface area contributed by atoms with Gasteiger partial charge in [0, 0.05) is 4.47 Å². The molecular weight excluding hydrogens is 519 g/mol. The van der Waals surface area contributed by atoms with Crippen LogP contribution in [0, 0.1) is 0 Å². The maximum absolute atomic E-state index is 10.8. The molecule has 1 aromatic carbocycles. The molecule has 2 aliphatic rings. The van der Waals surface area contributed by atoms with Gasteiger partial charge >= 0.3 is 0 Å². The second-order valence-electron chi connectivity index (χ2n) is 5.73. The molecule has 2 N–H and O–H groups in total. The fourth-order valence-electron chi connectivity index (χ4n) is 3.38. The van der Waals surface area contributed by atoms with Gasteiger partial charge in [0.1, 0.15) is 9.75 Å². The van der Waals surface area contributed by atoms with Gasteiger partial charge in [0.15, 0.2) is 4.33 Å². The highest BCUT2D eigenvalue weighted by Gasteiger charge is 2.80. The van der Waals surface area contributed by atoms with Gasteiger partial charge in [-0.25, -0.2) is 0 Å². The van der Waals surface area contributed by atoms with E-state index in [1.807, 2.05) is 0 Å². The average Bonchev–Trinajstić information content (AvgIpc) is 2.94. The molecule has 1 heterocycles. The van der Waals surface area contributed by atoms with Crippen molar-refractivity contribution >= 4 is 85.5 Å². The fraction of sp³-hybridized carbons (Fsp3) is 0.200. The van der Waals surface area contributed by atoms with Gasteiger partial charge in [-0.15, -0.1) is 23.2 Å². The van der Waals surface area contributed by atoms with Crippen LogP contribution >= 0.6 is 85.5 Å². The van der Waals surface area contributed by atoms with Gasteiger partial charge in [-0.3, -0.25) is 4.57 Å². The molecule has 0 amide bonds. The van der Waals surface area contributed by atoms with E-state index in [0.717, 1.165) is 4.47 Å². The first-order valence-electron chi connectivity index (χ1n) is 6.76. The van der Waals surface area contributed by atoms with Crippen molar-refractivity contribution in [2.75, 3.05) is 0 Å². The van der Waals surface area contributed by atoms with E-state index in [0.29, 0.717) is 5.69 Å². The summed E-state index contributed by atoms with van der Waals surface area (Å²) in [6, 6.07) is 6.83. The molecule has 3 nitrogen and oxygen atoms in total. The van der Waals surface area contributed by atoms with Gasteiger partial charge in [0.25, 0.3) is 0 Å². The SMILES string of the molecule is Oc1c2c(c(O)n1-c1ccc(Br)cc1)[C@@]1(Cl)C(Cl)=C(Cl)[C@]2(Cl)C1(Cl)Cl. The van der Waals surface area contributed by atoms with Crippen LogP contribution in [-0.2, 0) is 9.75 Å². The molecule has 2 aromatic rings. The summed E-state index contributed by atoms with van der Waals surface area (Å²) in [5.74, 6) is -0.749. The minimum atomic E-state index is -1.91. The molecule has 0 radical (unpaired) electrons. The Labute approximate surface area is 180 Å². The van der Waals surface area contributed by atoms with Gasteiger partial charge in [-0.05, 0) is 24.3 Å². The third-order valence-corrected chi connectivity index (χ3v) is 9.17. The zero-order valence-corrected chi connectivity index (χ0v) is 17.9. The average molecular weight is 525 g/mol. The number of halogens is 7. The second-order valence-corrected chi connectivity index (χ2v) is 9.86. The molecule has 0 fully saturated rings. The van der Waals surface area contributed by atoms with Crippen molar-refractivity contribution < 1.29 is 10.2 Å². The first kappa shape index (κ1) is 18.4. The number of aromatic hydroxyl groups is 2. The van der Waals surface area contributed by atoms with Crippen molar-refractivity contribution in [3.63, 3.8) is 0 Å². The summed E-state index contributed by atoms with van der Waals surface area (Å²) in [5.41, 5.74) is 0.530. The van der Waals surface area contributed by atoms with Gasteiger partial charge < -0.3 is 10.2 Å². The number of benzene rings is 1. The molecular formula is C15H6BrCl6NO2. The Hall–Kier alpha value is 0.0600. The van der Waals surface area contributed by atoms with Gasteiger partial charge in [0.2, 0.25) is 11.8 Å². The maximum Gasteiger partial charge on any atom is 0.204 e. The summed E-state index contributed by atoms with van der Waals surface area (Å²) < 4.78 is 0.0925. The Kier molecular flexibility index (Phi) is 3.92. The number of nitrogens with zero attached hydrogens (tertiary/aromatic N) is 1. The minimum Gasteiger partial charge on any atom is -0.494 e. The quantitative estimate of drug-likeness (QED) is 0.424. The Morgan fingerprint density at radius 1 is 0.800 bits per heavy atom. The molecule has 4 rings (SSSR count). The maximum atomic E-state index is 10.8. The predicted molar refractivity (Wildman–Crippen MR) is 105 cm³/mol. The van der Waals surface area contributed by atoms with E-state index in [9.17, 15) is 10.2 Å². The topological polar surface area (TPSA) is 45.4 Å². The summed E-state index contributed by atoms with van der Waals surface area (Å²) in [4.78, 5) is -3.60. The van der Waals surface area contributed by atoms with Crippen LogP contribution in [0.4, 0.5) is 0 Å². The van der Waals surface area contributed by atoms with Crippen LogP contribution in [0.3, 0.4) is 0 Å². The van der Waals surface area contributed by atoms with E-state index in [4.69, 9.17) is 69.6 Å². The second kappa shape index (κ2) is 5.32. The summed E-state index contributed by atoms with van der Waals surface area (Å²) in [6.45, 7) is 0. The standard InChI is InChI=1S/C15H6BrCl6NO2/c16-5-1-3-6(4-2-5)23-11(24)7-8(12(23)25)14(20)10(18)9(17)13(7,19)15(14,21)22/h1-4,24-25H/t13-,14+. The highest BCUT2D eigenvalue weighted by molar-refractivity contribution is 9.10. The summed E-state index contributed by atoms with van der Waals surface area (Å²) in [6.07, 6.45) is 0.